The van der Waals surface area contributed by atoms with Crippen LogP contribution in [0.25, 0.3) is 0 Å². The highest BCUT2D eigenvalue weighted by molar-refractivity contribution is 5.73. The van der Waals surface area contributed by atoms with Crippen molar-refractivity contribution in [3.05, 3.63) is 35.4 Å². The Hall–Kier alpha value is -3.50. The van der Waals surface area contributed by atoms with Crippen LogP contribution in [0.4, 0.5) is 0 Å². The first kappa shape index (κ1) is 25.6. The zero-order chi connectivity index (χ0) is 26.0. The number of ether oxygens (including phenoxy) is 8. The summed E-state index contributed by atoms with van der Waals surface area (Å²) >= 11 is 0. The van der Waals surface area contributed by atoms with Crippen LogP contribution in [-0.2, 0) is 19.1 Å². The molecule has 2 heterocycles. The zero-order valence-corrected chi connectivity index (χ0v) is 21.1. The zero-order valence-electron chi connectivity index (χ0n) is 21.1. The monoisotopic (exact) mass is 502 g/mol. The van der Waals surface area contributed by atoms with E-state index in [1.54, 1.807) is 24.3 Å². The fourth-order valence-electron chi connectivity index (χ4n) is 4.85. The van der Waals surface area contributed by atoms with E-state index in [1.165, 1.54) is 42.3 Å². The van der Waals surface area contributed by atoms with Crippen LogP contribution in [0.1, 0.15) is 37.2 Å². The Kier molecular flexibility index (Phi) is 7.56. The first-order valence-electron chi connectivity index (χ1n) is 11.4. The molecule has 2 saturated heterocycles. The van der Waals surface area contributed by atoms with Gasteiger partial charge in [0.05, 0.1) is 53.9 Å². The molecule has 2 aromatic rings. The summed E-state index contributed by atoms with van der Waals surface area (Å²) in [6.45, 7) is 3.56. The van der Waals surface area contributed by atoms with E-state index in [2.05, 4.69) is 0 Å². The maximum absolute atomic E-state index is 11.6. The van der Waals surface area contributed by atoms with Gasteiger partial charge in [0.15, 0.2) is 23.0 Å². The Labute approximate surface area is 209 Å². The summed E-state index contributed by atoms with van der Waals surface area (Å²) in [5.41, 5.74) is 1.66. The lowest BCUT2D eigenvalue weighted by Gasteiger charge is -2.20. The van der Waals surface area contributed by atoms with E-state index < -0.39 is 11.9 Å². The van der Waals surface area contributed by atoms with Gasteiger partial charge in [0, 0.05) is 25.7 Å². The normalized spacial score (nSPS) is 22.5. The molecule has 10 heteroatoms. The highest BCUT2D eigenvalue weighted by Gasteiger charge is 2.48. The summed E-state index contributed by atoms with van der Waals surface area (Å²) in [7, 11) is 6.00. The average Bonchev–Trinajstić information content (AvgIpc) is 3.46. The van der Waals surface area contributed by atoms with Crippen molar-refractivity contribution in [3.63, 3.8) is 0 Å². The van der Waals surface area contributed by atoms with Crippen molar-refractivity contribution in [2.75, 3.05) is 41.7 Å². The number of benzene rings is 2. The van der Waals surface area contributed by atoms with Gasteiger partial charge in [-0.3, -0.25) is 9.59 Å². The van der Waals surface area contributed by atoms with Crippen molar-refractivity contribution >= 4 is 11.9 Å². The SMILES string of the molecule is COc1cc(C2OCC3C(c4cc(OC)c(OC(C)=O)c(OC)c4)OCC23)cc(OC)c1OC(C)=O. The predicted molar refractivity (Wildman–Crippen MR) is 126 cm³/mol. The van der Waals surface area contributed by atoms with Crippen LogP contribution in [0.5, 0.6) is 34.5 Å². The predicted octanol–water partition coefficient (Wildman–Crippen LogP) is 3.65. The van der Waals surface area contributed by atoms with Gasteiger partial charge in [-0.05, 0) is 35.4 Å². The van der Waals surface area contributed by atoms with Crippen molar-refractivity contribution in [1.82, 2.24) is 0 Å². The molecule has 0 aromatic heterocycles. The second-order valence-corrected chi connectivity index (χ2v) is 8.53. The minimum atomic E-state index is -0.478. The molecule has 0 N–H and O–H groups in total. The molecule has 0 saturated carbocycles. The fraction of sp³-hybridized carbons (Fsp3) is 0.462. The minimum absolute atomic E-state index is 0.0501. The summed E-state index contributed by atoms with van der Waals surface area (Å²) in [4.78, 5) is 23.1. The molecule has 4 atom stereocenters. The highest BCUT2D eigenvalue weighted by Crippen LogP contribution is 2.53. The Bertz CT molecular complexity index is 1000. The molecule has 2 aliphatic rings. The summed E-state index contributed by atoms with van der Waals surface area (Å²) in [6, 6.07) is 7.17. The maximum atomic E-state index is 11.6. The standard InChI is InChI=1S/C26H30O10/c1-13(27)35-25-19(29-3)7-15(8-20(25)30-4)23-17-11-34-24(18(17)12-33-23)16-9-21(31-5)26(36-14(2)28)22(10-16)32-6/h7-10,17-18,23-24H,11-12H2,1-6H3. The average molecular weight is 503 g/mol. The van der Waals surface area contributed by atoms with Gasteiger partial charge in [-0.25, -0.2) is 0 Å². The molecular formula is C26H30O10. The molecule has 194 valence electrons. The Morgan fingerprint density at radius 2 is 0.944 bits per heavy atom. The van der Waals surface area contributed by atoms with Gasteiger partial charge < -0.3 is 37.9 Å². The molecule has 10 nitrogen and oxygen atoms in total. The van der Waals surface area contributed by atoms with Gasteiger partial charge >= 0.3 is 11.9 Å². The summed E-state index contributed by atoms with van der Waals surface area (Å²) in [6.07, 6.45) is -0.559. The van der Waals surface area contributed by atoms with Crippen LogP contribution in [0.15, 0.2) is 24.3 Å². The molecule has 0 bridgehead atoms. The minimum Gasteiger partial charge on any atom is -0.493 e. The van der Waals surface area contributed by atoms with E-state index in [-0.39, 0.29) is 35.5 Å². The largest absolute Gasteiger partial charge is 0.493 e. The topological polar surface area (TPSA) is 108 Å². The van der Waals surface area contributed by atoms with Crippen LogP contribution in [0, 0.1) is 11.8 Å². The van der Waals surface area contributed by atoms with Crippen molar-refractivity contribution in [2.45, 2.75) is 26.1 Å². The summed E-state index contributed by atoms with van der Waals surface area (Å²) in [5, 5.41) is 0. The smallest absolute Gasteiger partial charge is 0.308 e. The number of hydrogen-bond donors (Lipinski definition) is 0. The number of methoxy groups -OCH3 is 4. The number of carbonyl (C=O) groups excluding carboxylic acids is 2. The molecule has 2 aliphatic heterocycles. The van der Waals surface area contributed by atoms with E-state index in [0.29, 0.717) is 36.2 Å². The summed E-state index contributed by atoms with van der Waals surface area (Å²) in [5.74, 6) is 1.08. The Morgan fingerprint density at radius 3 is 1.19 bits per heavy atom. The third-order valence-corrected chi connectivity index (χ3v) is 6.38. The van der Waals surface area contributed by atoms with Gasteiger partial charge in [0.25, 0.3) is 0 Å². The molecule has 0 radical (unpaired) electrons. The number of hydrogen-bond acceptors (Lipinski definition) is 10. The molecule has 4 unspecified atom stereocenters. The van der Waals surface area contributed by atoms with Gasteiger partial charge in [-0.1, -0.05) is 0 Å². The Balaban J connectivity index is 1.63. The van der Waals surface area contributed by atoms with E-state index in [4.69, 9.17) is 37.9 Å². The van der Waals surface area contributed by atoms with Crippen LogP contribution in [0.3, 0.4) is 0 Å². The fourth-order valence-corrected chi connectivity index (χ4v) is 4.85. The third kappa shape index (κ3) is 4.78. The van der Waals surface area contributed by atoms with Crippen LogP contribution < -0.4 is 28.4 Å². The number of carbonyl (C=O) groups is 2. The Morgan fingerprint density at radius 1 is 0.639 bits per heavy atom. The lowest BCUT2D eigenvalue weighted by molar-refractivity contribution is -0.133. The van der Waals surface area contributed by atoms with Crippen LogP contribution in [0.2, 0.25) is 0 Å². The van der Waals surface area contributed by atoms with Crippen LogP contribution >= 0.6 is 0 Å². The van der Waals surface area contributed by atoms with Crippen molar-refractivity contribution in [3.8, 4) is 34.5 Å². The molecule has 0 aliphatic carbocycles. The molecule has 36 heavy (non-hydrogen) atoms. The first-order valence-corrected chi connectivity index (χ1v) is 11.4. The maximum Gasteiger partial charge on any atom is 0.308 e. The van der Waals surface area contributed by atoms with Crippen LogP contribution in [-0.4, -0.2) is 53.6 Å². The molecule has 2 aromatic carbocycles. The lowest BCUT2D eigenvalue weighted by Crippen LogP contribution is -2.15. The third-order valence-electron chi connectivity index (χ3n) is 6.38. The molecule has 4 rings (SSSR count). The van der Waals surface area contributed by atoms with Crippen molar-refractivity contribution < 1.29 is 47.5 Å². The quantitative estimate of drug-likeness (QED) is 0.392. The number of esters is 2. The number of rotatable bonds is 8. The van der Waals surface area contributed by atoms with Gasteiger partial charge in [0.1, 0.15) is 0 Å². The first-order chi connectivity index (χ1) is 17.3. The van der Waals surface area contributed by atoms with E-state index in [0.717, 1.165) is 11.1 Å². The van der Waals surface area contributed by atoms with Crippen molar-refractivity contribution in [2.24, 2.45) is 11.8 Å². The van der Waals surface area contributed by atoms with E-state index in [9.17, 15) is 9.59 Å². The summed E-state index contributed by atoms with van der Waals surface area (Å²) < 4.78 is 45.0. The van der Waals surface area contributed by atoms with E-state index in [1.807, 2.05) is 0 Å². The van der Waals surface area contributed by atoms with Crippen molar-refractivity contribution in [1.29, 1.82) is 0 Å². The molecule has 0 amide bonds. The highest BCUT2D eigenvalue weighted by atomic mass is 16.6. The molecule has 2 fully saturated rings. The number of fused-ring (bicyclic) bond motifs is 1. The van der Waals surface area contributed by atoms with Gasteiger partial charge in [-0.15, -0.1) is 0 Å². The second kappa shape index (κ2) is 10.6. The lowest BCUT2D eigenvalue weighted by atomic mass is 9.84. The van der Waals surface area contributed by atoms with E-state index >= 15 is 0 Å². The molecular weight excluding hydrogens is 472 g/mol. The van der Waals surface area contributed by atoms with Gasteiger partial charge in [0.2, 0.25) is 11.5 Å². The van der Waals surface area contributed by atoms with Gasteiger partial charge in [-0.2, -0.15) is 0 Å². The molecule has 0 spiro atoms. The second-order valence-electron chi connectivity index (χ2n) is 8.53.